The minimum Gasteiger partial charge on any atom is -0.493 e. The van der Waals surface area contributed by atoms with Crippen LogP contribution in [-0.4, -0.2) is 62.5 Å². The van der Waals surface area contributed by atoms with Crippen LogP contribution in [0.3, 0.4) is 0 Å². The molecule has 8 heteroatoms. The van der Waals surface area contributed by atoms with Crippen molar-refractivity contribution >= 4 is 11.8 Å². The zero-order chi connectivity index (χ0) is 27.8. The molecule has 0 spiro atoms. The van der Waals surface area contributed by atoms with E-state index in [0.29, 0.717) is 50.5 Å². The summed E-state index contributed by atoms with van der Waals surface area (Å²) in [6.07, 6.45) is 2.74. The first-order valence-corrected chi connectivity index (χ1v) is 13.8. The maximum Gasteiger partial charge on any atom is 0.255 e. The van der Waals surface area contributed by atoms with Crippen LogP contribution in [0.15, 0.2) is 24.3 Å². The summed E-state index contributed by atoms with van der Waals surface area (Å²) in [6.45, 7) is 12.4. The minimum absolute atomic E-state index is 0.0227. The Kier molecular flexibility index (Phi) is 16.1. The number of carbonyl (C=O) groups is 2. The minimum atomic E-state index is -0.803. The summed E-state index contributed by atoms with van der Waals surface area (Å²) in [4.78, 5) is 25.6. The van der Waals surface area contributed by atoms with Crippen molar-refractivity contribution in [2.75, 3.05) is 33.4 Å². The summed E-state index contributed by atoms with van der Waals surface area (Å²) >= 11 is 0. The van der Waals surface area contributed by atoms with Crippen LogP contribution >= 0.6 is 0 Å². The van der Waals surface area contributed by atoms with E-state index in [1.165, 1.54) is 0 Å². The highest BCUT2D eigenvalue weighted by Crippen LogP contribution is 2.24. The van der Waals surface area contributed by atoms with Crippen LogP contribution in [0.1, 0.15) is 77.1 Å². The number of aliphatic hydroxyl groups excluding tert-OH is 1. The van der Waals surface area contributed by atoms with Crippen molar-refractivity contribution in [3.05, 3.63) is 29.8 Å². The Morgan fingerprint density at radius 1 is 1.00 bits per heavy atom. The Bertz CT molecular complexity index is 787. The van der Waals surface area contributed by atoms with E-state index in [2.05, 4.69) is 31.4 Å². The van der Waals surface area contributed by atoms with Crippen LogP contribution in [0.5, 0.6) is 5.75 Å². The number of ether oxygens (including phenoxy) is 2. The number of unbranched alkanes of at least 4 members (excludes halogenated alkanes) is 1. The highest BCUT2D eigenvalue weighted by Gasteiger charge is 2.29. The summed E-state index contributed by atoms with van der Waals surface area (Å²) in [6, 6.07) is 6.70. The van der Waals surface area contributed by atoms with Crippen LogP contribution in [-0.2, 0) is 9.53 Å². The molecule has 0 aliphatic rings. The number of amides is 2. The summed E-state index contributed by atoms with van der Waals surface area (Å²) < 4.78 is 10.8. The van der Waals surface area contributed by atoms with Gasteiger partial charge in [-0.25, -0.2) is 0 Å². The van der Waals surface area contributed by atoms with Crippen molar-refractivity contribution in [3.63, 3.8) is 0 Å². The van der Waals surface area contributed by atoms with Crippen molar-refractivity contribution in [3.8, 4) is 5.75 Å². The molecule has 0 aliphatic heterocycles. The average Bonchev–Trinajstić information content (AvgIpc) is 2.87. The second-order valence-electron chi connectivity index (χ2n) is 10.6. The van der Waals surface area contributed by atoms with E-state index in [-0.39, 0.29) is 35.5 Å². The van der Waals surface area contributed by atoms with Gasteiger partial charge >= 0.3 is 0 Å². The summed E-state index contributed by atoms with van der Waals surface area (Å²) in [5.41, 5.74) is 6.91. The van der Waals surface area contributed by atoms with E-state index >= 15 is 0 Å². The molecule has 0 bridgehead atoms. The first kappa shape index (κ1) is 32.9. The molecular weight excluding hydrogens is 470 g/mol. The lowest BCUT2D eigenvalue weighted by Crippen LogP contribution is -2.44. The van der Waals surface area contributed by atoms with Crippen molar-refractivity contribution in [2.45, 2.75) is 78.9 Å². The second-order valence-corrected chi connectivity index (χ2v) is 10.6. The third-order valence-corrected chi connectivity index (χ3v) is 6.89. The SMILES string of the molecule is CCCCNC(=O)[C@H](C[C@H](O)[C@@H](N)C[C@H](CNC(=O)c1ccccc1OCCCOC)C(C)C)C(C)C. The smallest absolute Gasteiger partial charge is 0.255 e. The van der Waals surface area contributed by atoms with Gasteiger partial charge in [0, 0.05) is 45.2 Å². The number of hydrogen-bond donors (Lipinski definition) is 4. The molecule has 8 nitrogen and oxygen atoms in total. The molecule has 0 saturated heterocycles. The Labute approximate surface area is 224 Å². The number of aliphatic hydroxyl groups is 1. The molecule has 5 N–H and O–H groups in total. The molecule has 0 aliphatic carbocycles. The molecule has 4 atom stereocenters. The Hall–Kier alpha value is -2.16. The second kappa shape index (κ2) is 18.2. The van der Waals surface area contributed by atoms with Gasteiger partial charge in [-0.3, -0.25) is 9.59 Å². The van der Waals surface area contributed by atoms with Crippen LogP contribution in [0.2, 0.25) is 0 Å². The Balaban J connectivity index is 2.71. The molecule has 0 fully saturated rings. The van der Waals surface area contributed by atoms with Gasteiger partial charge in [-0.1, -0.05) is 53.2 Å². The quantitative estimate of drug-likeness (QED) is 0.206. The molecule has 0 unspecified atom stereocenters. The largest absolute Gasteiger partial charge is 0.493 e. The number of carbonyl (C=O) groups excluding carboxylic acids is 2. The monoisotopic (exact) mass is 521 g/mol. The third kappa shape index (κ3) is 12.3. The zero-order valence-corrected chi connectivity index (χ0v) is 23.8. The van der Waals surface area contributed by atoms with Gasteiger partial charge in [-0.15, -0.1) is 0 Å². The van der Waals surface area contributed by atoms with Gasteiger partial charge in [0.15, 0.2) is 0 Å². The van der Waals surface area contributed by atoms with Crippen LogP contribution in [0.25, 0.3) is 0 Å². The summed E-state index contributed by atoms with van der Waals surface area (Å²) in [5.74, 6) is 0.435. The number of nitrogens with two attached hydrogens (primary N) is 1. The highest BCUT2D eigenvalue weighted by molar-refractivity contribution is 5.96. The van der Waals surface area contributed by atoms with E-state index in [1.807, 2.05) is 26.0 Å². The van der Waals surface area contributed by atoms with Crippen molar-refractivity contribution in [1.29, 1.82) is 0 Å². The van der Waals surface area contributed by atoms with Gasteiger partial charge in [0.05, 0.1) is 18.3 Å². The molecule has 212 valence electrons. The lowest BCUT2D eigenvalue weighted by molar-refractivity contribution is -0.127. The number of para-hydroxylation sites is 1. The Morgan fingerprint density at radius 2 is 1.70 bits per heavy atom. The normalized spacial score (nSPS) is 14.8. The molecule has 1 aromatic rings. The molecule has 0 saturated carbocycles. The van der Waals surface area contributed by atoms with E-state index < -0.39 is 12.1 Å². The maximum atomic E-state index is 13.0. The molecule has 37 heavy (non-hydrogen) atoms. The molecular formula is C29H51N3O5. The summed E-state index contributed by atoms with van der Waals surface area (Å²) in [7, 11) is 1.64. The fraction of sp³-hybridized carbons (Fsp3) is 0.724. The Morgan fingerprint density at radius 3 is 2.32 bits per heavy atom. The van der Waals surface area contributed by atoms with Gasteiger partial charge in [-0.2, -0.15) is 0 Å². The highest BCUT2D eigenvalue weighted by atomic mass is 16.5. The fourth-order valence-electron chi connectivity index (χ4n) is 4.22. The van der Waals surface area contributed by atoms with Crippen molar-refractivity contribution in [1.82, 2.24) is 10.6 Å². The van der Waals surface area contributed by atoms with Crippen LogP contribution < -0.4 is 21.1 Å². The molecule has 2 amide bonds. The number of benzene rings is 1. The third-order valence-electron chi connectivity index (χ3n) is 6.89. The van der Waals surface area contributed by atoms with Gasteiger partial charge in [-0.05, 0) is 49.1 Å². The fourth-order valence-corrected chi connectivity index (χ4v) is 4.22. The van der Waals surface area contributed by atoms with Gasteiger partial charge in [0.2, 0.25) is 5.91 Å². The van der Waals surface area contributed by atoms with Crippen LogP contribution in [0, 0.1) is 23.7 Å². The van der Waals surface area contributed by atoms with E-state index in [1.54, 1.807) is 19.2 Å². The molecule has 0 heterocycles. The lowest BCUT2D eigenvalue weighted by atomic mass is 9.83. The maximum absolute atomic E-state index is 13.0. The molecule has 0 aromatic heterocycles. The molecule has 1 rings (SSSR count). The van der Waals surface area contributed by atoms with Gasteiger partial charge < -0.3 is 30.9 Å². The number of rotatable bonds is 19. The average molecular weight is 522 g/mol. The van der Waals surface area contributed by atoms with E-state index in [0.717, 1.165) is 19.3 Å². The van der Waals surface area contributed by atoms with Gasteiger partial charge in [0.25, 0.3) is 5.91 Å². The lowest BCUT2D eigenvalue weighted by Gasteiger charge is -2.30. The van der Waals surface area contributed by atoms with Gasteiger partial charge in [0.1, 0.15) is 5.75 Å². The zero-order valence-electron chi connectivity index (χ0n) is 23.8. The predicted octanol–water partition coefficient (Wildman–Crippen LogP) is 3.76. The first-order valence-electron chi connectivity index (χ1n) is 13.8. The number of hydrogen-bond acceptors (Lipinski definition) is 6. The van der Waals surface area contributed by atoms with Crippen molar-refractivity contribution < 1.29 is 24.2 Å². The number of nitrogens with one attached hydrogen (secondary N) is 2. The molecule has 1 aromatic carbocycles. The standard InChI is InChI=1S/C29H51N3O5/c1-7-8-14-31-29(35)24(21(4)5)18-26(33)25(30)17-22(20(2)3)19-32-28(34)23-12-9-10-13-27(23)37-16-11-15-36-6/h9-10,12-13,20-22,24-26,33H,7-8,11,14-19,30H2,1-6H3,(H,31,35)(H,32,34)/t22-,24-,25+,26+/m1/s1. The predicted molar refractivity (Wildman–Crippen MR) is 149 cm³/mol. The van der Waals surface area contributed by atoms with E-state index in [9.17, 15) is 14.7 Å². The first-order chi connectivity index (χ1) is 17.6. The number of methoxy groups -OCH3 is 1. The van der Waals surface area contributed by atoms with Crippen molar-refractivity contribution in [2.24, 2.45) is 29.4 Å². The summed E-state index contributed by atoms with van der Waals surface area (Å²) in [5, 5.41) is 16.9. The molecule has 0 radical (unpaired) electrons. The topological polar surface area (TPSA) is 123 Å². The van der Waals surface area contributed by atoms with Crippen LogP contribution in [0.4, 0.5) is 0 Å². The van der Waals surface area contributed by atoms with E-state index in [4.69, 9.17) is 15.2 Å².